The maximum absolute atomic E-state index is 12.9. The van der Waals surface area contributed by atoms with Gasteiger partial charge in [0.2, 0.25) is 0 Å². The smallest absolute Gasteiger partial charge is 0.200 e. The Morgan fingerprint density at radius 1 is 1.31 bits per heavy atom. The standard InChI is InChI=1S/C21H26N4O3S/c1-4-24-20(19-8-6-10-28-19)22-23-21(24)29-13-18(26)17-11-14(2)25(15(17)3)12-16-7-5-9-27-16/h6,8,10-11,16H,4-5,7,9,12-13H2,1-3H3/t16-/m0/s1. The van der Waals surface area contributed by atoms with Crippen molar-refractivity contribution in [3.63, 3.8) is 0 Å². The lowest BCUT2D eigenvalue weighted by Gasteiger charge is -2.14. The summed E-state index contributed by atoms with van der Waals surface area (Å²) in [5, 5.41) is 9.23. The molecule has 0 unspecified atom stereocenters. The molecule has 8 heteroatoms. The molecule has 0 spiro atoms. The lowest BCUT2D eigenvalue weighted by atomic mass is 10.2. The molecule has 0 aromatic carbocycles. The van der Waals surface area contributed by atoms with Crippen LogP contribution in [0, 0.1) is 13.8 Å². The van der Waals surface area contributed by atoms with Gasteiger partial charge in [-0.15, -0.1) is 10.2 Å². The number of hydrogen-bond donors (Lipinski definition) is 0. The van der Waals surface area contributed by atoms with Gasteiger partial charge in [0, 0.05) is 36.6 Å². The Morgan fingerprint density at radius 3 is 2.86 bits per heavy atom. The highest BCUT2D eigenvalue weighted by atomic mass is 32.2. The van der Waals surface area contributed by atoms with Gasteiger partial charge in [-0.1, -0.05) is 11.8 Å². The quantitative estimate of drug-likeness (QED) is 0.407. The Bertz CT molecular complexity index is 984. The third-order valence-corrected chi connectivity index (χ3v) is 6.36. The summed E-state index contributed by atoms with van der Waals surface area (Å²) >= 11 is 1.41. The third kappa shape index (κ3) is 4.04. The van der Waals surface area contributed by atoms with E-state index in [-0.39, 0.29) is 11.9 Å². The van der Waals surface area contributed by atoms with Crippen molar-refractivity contribution in [3.05, 3.63) is 41.4 Å². The maximum Gasteiger partial charge on any atom is 0.200 e. The first kappa shape index (κ1) is 20.0. The molecule has 1 fully saturated rings. The first-order valence-electron chi connectivity index (χ1n) is 10.00. The predicted octanol–water partition coefficient (Wildman–Crippen LogP) is 4.13. The Balaban J connectivity index is 1.46. The van der Waals surface area contributed by atoms with Crippen LogP contribution in [0.1, 0.15) is 41.5 Å². The number of hydrogen-bond acceptors (Lipinski definition) is 6. The lowest BCUT2D eigenvalue weighted by Crippen LogP contribution is -2.17. The first-order chi connectivity index (χ1) is 14.1. The van der Waals surface area contributed by atoms with Crippen LogP contribution in [0.4, 0.5) is 0 Å². The number of rotatable bonds is 8. The van der Waals surface area contributed by atoms with Crippen LogP contribution < -0.4 is 0 Å². The predicted molar refractivity (Wildman–Crippen MR) is 111 cm³/mol. The van der Waals surface area contributed by atoms with E-state index in [9.17, 15) is 4.79 Å². The van der Waals surface area contributed by atoms with Gasteiger partial charge in [0.1, 0.15) is 0 Å². The van der Waals surface area contributed by atoms with Crippen molar-refractivity contribution in [2.45, 2.75) is 58.0 Å². The molecule has 0 amide bonds. The van der Waals surface area contributed by atoms with Crippen LogP contribution in [0.5, 0.6) is 0 Å². The molecular weight excluding hydrogens is 388 g/mol. The van der Waals surface area contributed by atoms with E-state index in [0.717, 1.165) is 48.1 Å². The van der Waals surface area contributed by atoms with Gasteiger partial charge >= 0.3 is 0 Å². The van der Waals surface area contributed by atoms with Gasteiger partial charge in [-0.05, 0) is 51.8 Å². The molecule has 0 radical (unpaired) electrons. The van der Waals surface area contributed by atoms with Crippen molar-refractivity contribution in [1.82, 2.24) is 19.3 Å². The largest absolute Gasteiger partial charge is 0.461 e. The van der Waals surface area contributed by atoms with E-state index in [1.807, 2.05) is 36.6 Å². The molecule has 0 saturated carbocycles. The van der Waals surface area contributed by atoms with E-state index in [1.54, 1.807) is 6.26 Å². The minimum absolute atomic E-state index is 0.104. The molecule has 1 atom stereocenters. The van der Waals surface area contributed by atoms with Gasteiger partial charge < -0.3 is 13.7 Å². The maximum atomic E-state index is 12.9. The number of carbonyl (C=O) groups excluding carboxylic acids is 1. The summed E-state index contributed by atoms with van der Waals surface area (Å²) < 4.78 is 15.4. The molecule has 1 aliphatic heterocycles. The van der Waals surface area contributed by atoms with Gasteiger partial charge in [-0.25, -0.2) is 0 Å². The highest BCUT2D eigenvalue weighted by molar-refractivity contribution is 7.99. The number of Topliss-reactive ketones (excluding diaryl/α,β-unsaturated/α-hetero) is 1. The summed E-state index contributed by atoms with van der Waals surface area (Å²) in [4.78, 5) is 12.9. The Hall–Kier alpha value is -2.32. The summed E-state index contributed by atoms with van der Waals surface area (Å²) in [6.45, 7) is 8.45. The third-order valence-electron chi connectivity index (χ3n) is 5.39. The highest BCUT2D eigenvalue weighted by Gasteiger charge is 2.22. The number of thioether (sulfide) groups is 1. The van der Waals surface area contributed by atoms with Crippen LogP contribution in [0.3, 0.4) is 0 Å². The van der Waals surface area contributed by atoms with Crippen LogP contribution in [-0.4, -0.2) is 43.6 Å². The Morgan fingerprint density at radius 2 is 2.17 bits per heavy atom. The molecule has 3 aromatic rings. The Kier molecular flexibility index (Phi) is 5.91. The zero-order valence-electron chi connectivity index (χ0n) is 17.1. The first-order valence-corrected chi connectivity index (χ1v) is 11.0. The number of nitrogens with zero attached hydrogens (tertiary/aromatic N) is 4. The average Bonchev–Trinajstić information content (AvgIpc) is 3.50. The topological polar surface area (TPSA) is 75.1 Å². The van der Waals surface area contributed by atoms with Gasteiger partial charge in [-0.2, -0.15) is 0 Å². The summed E-state index contributed by atoms with van der Waals surface area (Å²) in [5.74, 6) is 1.78. The van der Waals surface area contributed by atoms with E-state index >= 15 is 0 Å². The lowest BCUT2D eigenvalue weighted by molar-refractivity contribution is 0.0957. The number of ketones is 1. The molecule has 7 nitrogen and oxygen atoms in total. The summed E-state index contributed by atoms with van der Waals surface area (Å²) in [5.41, 5.74) is 2.89. The zero-order valence-corrected chi connectivity index (χ0v) is 17.9. The van der Waals surface area contributed by atoms with Gasteiger partial charge in [0.15, 0.2) is 22.5 Å². The monoisotopic (exact) mass is 414 g/mol. The van der Waals surface area contributed by atoms with Crippen LogP contribution in [0.2, 0.25) is 0 Å². The van der Waals surface area contributed by atoms with Gasteiger partial charge in [0.25, 0.3) is 0 Å². The molecule has 1 aliphatic rings. The molecule has 154 valence electrons. The molecule has 4 rings (SSSR count). The van der Waals surface area contributed by atoms with Crippen LogP contribution in [0.25, 0.3) is 11.6 Å². The normalized spacial score (nSPS) is 16.6. The molecule has 3 aromatic heterocycles. The van der Waals surface area contributed by atoms with Crippen molar-refractivity contribution >= 4 is 17.5 Å². The second-order valence-electron chi connectivity index (χ2n) is 7.27. The van der Waals surface area contributed by atoms with Crippen molar-refractivity contribution in [2.75, 3.05) is 12.4 Å². The fourth-order valence-corrected chi connectivity index (χ4v) is 4.72. The summed E-state index contributed by atoms with van der Waals surface area (Å²) in [6, 6.07) is 5.68. The number of furan rings is 1. The highest BCUT2D eigenvalue weighted by Crippen LogP contribution is 2.26. The minimum Gasteiger partial charge on any atom is -0.461 e. The van der Waals surface area contributed by atoms with E-state index in [0.29, 0.717) is 23.9 Å². The van der Waals surface area contributed by atoms with Crippen molar-refractivity contribution in [3.8, 4) is 11.6 Å². The molecule has 0 aliphatic carbocycles. The fraction of sp³-hybridized carbons (Fsp3) is 0.476. The average molecular weight is 415 g/mol. The van der Waals surface area contributed by atoms with Crippen LogP contribution in [-0.2, 0) is 17.8 Å². The minimum atomic E-state index is 0.104. The van der Waals surface area contributed by atoms with Crippen molar-refractivity contribution in [2.24, 2.45) is 0 Å². The SMILES string of the molecule is CCn1c(SCC(=O)c2cc(C)n(C[C@@H]3CCCO3)c2C)nnc1-c1ccco1. The number of carbonyl (C=O) groups is 1. The van der Waals surface area contributed by atoms with Crippen LogP contribution >= 0.6 is 11.8 Å². The Labute approximate surface area is 174 Å². The van der Waals surface area contributed by atoms with Gasteiger partial charge in [-0.3, -0.25) is 9.36 Å². The number of ether oxygens (including phenoxy) is 1. The molecule has 0 bridgehead atoms. The zero-order chi connectivity index (χ0) is 20.4. The van der Waals surface area contributed by atoms with Crippen molar-refractivity contribution in [1.29, 1.82) is 0 Å². The molecule has 4 heterocycles. The van der Waals surface area contributed by atoms with E-state index in [1.165, 1.54) is 11.8 Å². The number of aryl methyl sites for hydroxylation is 1. The molecule has 1 saturated heterocycles. The molecular formula is C21H26N4O3S. The second kappa shape index (κ2) is 8.59. The van der Waals surface area contributed by atoms with Crippen LogP contribution in [0.15, 0.2) is 34.0 Å². The number of aromatic nitrogens is 4. The summed E-state index contributed by atoms with van der Waals surface area (Å²) in [6.07, 6.45) is 4.07. The van der Waals surface area contributed by atoms with E-state index < -0.39 is 0 Å². The molecule has 0 N–H and O–H groups in total. The summed E-state index contributed by atoms with van der Waals surface area (Å²) in [7, 11) is 0. The van der Waals surface area contributed by atoms with E-state index in [2.05, 4.69) is 21.7 Å². The second-order valence-corrected chi connectivity index (χ2v) is 8.21. The van der Waals surface area contributed by atoms with E-state index in [4.69, 9.17) is 9.15 Å². The molecule has 29 heavy (non-hydrogen) atoms. The van der Waals surface area contributed by atoms with Crippen molar-refractivity contribution < 1.29 is 13.9 Å². The van der Waals surface area contributed by atoms with Gasteiger partial charge in [0.05, 0.1) is 18.1 Å². The fourth-order valence-electron chi connectivity index (χ4n) is 3.83.